The molecule has 0 aliphatic heterocycles. The van der Waals surface area contributed by atoms with Crippen molar-refractivity contribution in [3.8, 4) is 5.75 Å². The minimum Gasteiger partial charge on any atom is -0.492 e. The van der Waals surface area contributed by atoms with Crippen molar-refractivity contribution in [2.75, 3.05) is 23.7 Å². The van der Waals surface area contributed by atoms with E-state index in [1.807, 2.05) is 45.0 Å². The number of sulfonamides is 1. The van der Waals surface area contributed by atoms with Crippen molar-refractivity contribution in [2.24, 2.45) is 0 Å². The minimum atomic E-state index is -3.83. The zero-order chi connectivity index (χ0) is 27.0. The van der Waals surface area contributed by atoms with Gasteiger partial charge in [0.05, 0.1) is 18.6 Å². The van der Waals surface area contributed by atoms with E-state index in [1.165, 1.54) is 4.90 Å². The molecule has 2 aromatic rings. The van der Waals surface area contributed by atoms with E-state index in [2.05, 4.69) is 5.32 Å². The van der Waals surface area contributed by atoms with Crippen molar-refractivity contribution in [1.82, 2.24) is 10.2 Å². The van der Waals surface area contributed by atoms with Crippen LogP contribution >= 0.6 is 0 Å². The molecule has 1 saturated carbocycles. The maximum Gasteiger partial charge on any atom is 0.244 e. The lowest BCUT2D eigenvalue weighted by atomic mass is 10.1. The van der Waals surface area contributed by atoms with E-state index in [1.54, 1.807) is 24.3 Å². The lowest BCUT2D eigenvalue weighted by Gasteiger charge is -2.33. The highest BCUT2D eigenvalue weighted by molar-refractivity contribution is 7.92. The first-order valence-electron chi connectivity index (χ1n) is 13.0. The second-order valence-electron chi connectivity index (χ2n) is 9.60. The number of amides is 2. The standard InChI is InChI=1S/C28H39N3O5S/c1-5-24(28(33)29-23-14-7-8-15-23)30(19-22-13-11-12-21(3)18-22)27(32)20-31(37(4,34)35)25-16-9-10-17-26(25)36-6-2/h9-13,16-18,23-24H,5-8,14-15,19-20H2,1-4H3,(H,29,33)/t24-/m1/s1. The Morgan fingerprint density at radius 1 is 1.08 bits per heavy atom. The molecule has 2 amide bonds. The molecule has 9 heteroatoms. The van der Waals surface area contributed by atoms with E-state index in [-0.39, 0.29) is 18.5 Å². The molecule has 0 heterocycles. The van der Waals surface area contributed by atoms with E-state index in [0.717, 1.165) is 47.4 Å². The summed E-state index contributed by atoms with van der Waals surface area (Å²) in [6.07, 6.45) is 5.50. The molecule has 0 aromatic heterocycles. The van der Waals surface area contributed by atoms with Crippen LogP contribution < -0.4 is 14.4 Å². The van der Waals surface area contributed by atoms with Crippen molar-refractivity contribution in [2.45, 2.75) is 71.5 Å². The first-order chi connectivity index (χ1) is 17.6. The summed E-state index contributed by atoms with van der Waals surface area (Å²) in [6.45, 7) is 5.75. The Bertz CT molecular complexity index is 1180. The number of nitrogens with one attached hydrogen (secondary N) is 1. The number of para-hydroxylation sites is 2. The third kappa shape index (κ3) is 7.71. The van der Waals surface area contributed by atoms with Crippen LogP contribution in [0.4, 0.5) is 5.69 Å². The van der Waals surface area contributed by atoms with Crippen LogP contribution in [0.5, 0.6) is 5.75 Å². The summed E-state index contributed by atoms with van der Waals surface area (Å²) >= 11 is 0. The number of carbonyl (C=O) groups excluding carboxylic acids is 2. The van der Waals surface area contributed by atoms with Crippen molar-refractivity contribution >= 4 is 27.5 Å². The van der Waals surface area contributed by atoms with Gasteiger partial charge in [-0.1, -0.05) is 61.7 Å². The normalized spacial score (nSPS) is 14.7. The number of carbonyl (C=O) groups is 2. The predicted octanol–water partition coefficient (Wildman–Crippen LogP) is 4.03. The number of hydrogen-bond donors (Lipinski definition) is 1. The molecule has 3 rings (SSSR count). The van der Waals surface area contributed by atoms with Crippen LogP contribution in [-0.2, 0) is 26.2 Å². The Balaban J connectivity index is 1.95. The SMILES string of the molecule is CCOc1ccccc1N(CC(=O)N(Cc1cccc(C)c1)[C@H](CC)C(=O)NC1CCCC1)S(C)(=O)=O. The fraction of sp³-hybridized carbons (Fsp3) is 0.500. The molecule has 202 valence electrons. The lowest BCUT2D eigenvalue weighted by molar-refractivity contribution is -0.140. The summed E-state index contributed by atoms with van der Waals surface area (Å²) in [4.78, 5) is 28.8. The highest BCUT2D eigenvalue weighted by Crippen LogP contribution is 2.30. The van der Waals surface area contributed by atoms with Gasteiger partial charge in [-0.25, -0.2) is 8.42 Å². The van der Waals surface area contributed by atoms with Crippen LogP contribution in [0.3, 0.4) is 0 Å². The first kappa shape index (κ1) is 28.5. The summed E-state index contributed by atoms with van der Waals surface area (Å²) < 4.78 is 32.5. The minimum absolute atomic E-state index is 0.114. The van der Waals surface area contributed by atoms with Gasteiger partial charge in [-0.15, -0.1) is 0 Å². The topological polar surface area (TPSA) is 96.0 Å². The highest BCUT2D eigenvalue weighted by atomic mass is 32.2. The molecule has 37 heavy (non-hydrogen) atoms. The van der Waals surface area contributed by atoms with Gasteiger partial charge in [-0.05, 0) is 50.8 Å². The van der Waals surface area contributed by atoms with Gasteiger partial charge >= 0.3 is 0 Å². The zero-order valence-corrected chi connectivity index (χ0v) is 23.1. The Hall–Kier alpha value is -3.07. The molecule has 1 N–H and O–H groups in total. The van der Waals surface area contributed by atoms with Crippen LogP contribution in [0, 0.1) is 6.92 Å². The quantitative estimate of drug-likeness (QED) is 0.448. The second-order valence-corrected chi connectivity index (χ2v) is 11.5. The maximum atomic E-state index is 13.9. The number of aryl methyl sites for hydroxylation is 1. The van der Waals surface area contributed by atoms with Crippen molar-refractivity contribution in [3.05, 3.63) is 59.7 Å². The van der Waals surface area contributed by atoms with Gasteiger partial charge in [0.15, 0.2) is 0 Å². The van der Waals surface area contributed by atoms with Crippen LogP contribution in [0.15, 0.2) is 48.5 Å². The third-order valence-corrected chi connectivity index (χ3v) is 7.76. The molecule has 0 saturated heterocycles. The number of nitrogens with zero attached hydrogens (tertiary/aromatic N) is 2. The van der Waals surface area contributed by atoms with Gasteiger partial charge < -0.3 is 15.0 Å². The maximum absolute atomic E-state index is 13.9. The average molecular weight is 530 g/mol. The smallest absolute Gasteiger partial charge is 0.244 e. The van der Waals surface area contributed by atoms with Crippen LogP contribution in [0.2, 0.25) is 0 Å². The Morgan fingerprint density at radius 2 is 1.78 bits per heavy atom. The Kier molecular flexibility index (Phi) is 9.97. The first-order valence-corrected chi connectivity index (χ1v) is 14.8. The Labute approximate surface area is 221 Å². The summed E-state index contributed by atoms with van der Waals surface area (Å²) in [7, 11) is -3.83. The highest BCUT2D eigenvalue weighted by Gasteiger charge is 2.33. The monoisotopic (exact) mass is 529 g/mol. The average Bonchev–Trinajstić information content (AvgIpc) is 3.35. The van der Waals surface area contributed by atoms with Gasteiger partial charge in [0, 0.05) is 12.6 Å². The van der Waals surface area contributed by atoms with Crippen molar-refractivity contribution < 1.29 is 22.7 Å². The van der Waals surface area contributed by atoms with Crippen molar-refractivity contribution in [3.63, 3.8) is 0 Å². The number of benzene rings is 2. The van der Waals surface area contributed by atoms with Gasteiger partial charge in [-0.3, -0.25) is 13.9 Å². The summed E-state index contributed by atoms with van der Waals surface area (Å²) in [5, 5.41) is 3.12. The lowest BCUT2D eigenvalue weighted by Crippen LogP contribution is -2.53. The van der Waals surface area contributed by atoms with E-state index >= 15 is 0 Å². The number of hydrogen-bond acceptors (Lipinski definition) is 5. The van der Waals surface area contributed by atoms with Crippen molar-refractivity contribution in [1.29, 1.82) is 0 Å². The summed E-state index contributed by atoms with van der Waals surface area (Å²) in [5.74, 6) is -0.276. The third-order valence-electron chi connectivity index (χ3n) is 6.64. The largest absolute Gasteiger partial charge is 0.492 e. The second kappa shape index (κ2) is 12.9. The molecule has 8 nitrogen and oxygen atoms in total. The fourth-order valence-corrected chi connectivity index (χ4v) is 5.68. The van der Waals surface area contributed by atoms with E-state index < -0.39 is 28.5 Å². The zero-order valence-electron chi connectivity index (χ0n) is 22.3. The molecular formula is C28H39N3O5S. The number of rotatable bonds is 12. The van der Waals surface area contributed by atoms with Crippen LogP contribution in [0.1, 0.15) is 57.1 Å². The number of ether oxygens (including phenoxy) is 1. The van der Waals surface area contributed by atoms with Gasteiger partial charge in [0.1, 0.15) is 18.3 Å². The number of anilines is 1. The fourth-order valence-electron chi connectivity index (χ4n) is 4.83. The van der Waals surface area contributed by atoms with Crippen LogP contribution in [0.25, 0.3) is 0 Å². The van der Waals surface area contributed by atoms with E-state index in [9.17, 15) is 18.0 Å². The van der Waals surface area contributed by atoms with Crippen LogP contribution in [-0.4, -0.2) is 56.6 Å². The van der Waals surface area contributed by atoms with Gasteiger partial charge in [0.2, 0.25) is 21.8 Å². The van der Waals surface area contributed by atoms with Gasteiger partial charge in [-0.2, -0.15) is 0 Å². The molecule has 0 radical (unpaired) electrons. The predicted molar refractivity (Wildman–Crippen MR) is 146 cm³/mol. The van der Waals surface area contributed by atoms with E-state index in [0.29, 0.717) is 24.5 Å². The molecule has 2 aromatic carbocycles. The molecule has 0 bridgehead atoms. The molecule has 1 aliphatic carbocycles. The molecule has 0 spiro atoms. The molecule has 1 aliphatic rings. The molecule has 1 fully saturated rings. The summed E-state index contributed by atoms with van der Waals surface area (Å²) in [5.41, 5.74) is 2.21. The summed E-state index contributed by atoms with van der Waals surface area (Å²) in [6, 6.07) is 13.9. The molecule has 0 unspecified atom stereocenters. The van der Waals surface area contributed by atoms with Gasteiger partial charge in [0.25, 0.3) is 0 Å². The Morgan fingerprint density at radius 3 is 2.41 bits per heavy atom. The molecular weight excluding hydrogens is 490 g/mol. The molecule has 1 atom stereocenters. The van der Waals surface area contributed by atoms with E-state index in [4.69, 9.17) is 4.74 Å².